The monoisotopic (exact) mass is 231 g/mol. The number of carbonyl (C=O) groups is 1. The molecule has 0 bridgehead atoms. The van der Waals surface area contributed by atoms with E-state index < -0.39 is 0 Å². The number of benzene rings is 1. The summed E-state index contributed by atoms with van der Waals surface area (Å²) in [5, 5.41) is 0. The van der Waals surface area contributed by atoms with Gasteiger partial charge in [-0.3, -0.25) is 0 Å². The second kappa shape index (κ2) is 5.46. The number of likely N-dealkylation sites (tertiary alicyclic amines) is 1. The van der Waals surface area contributed by atoms with Gasteiger partial charge < -0.3 is 9.69 Å². The number of aldehydes is 1. The number of hydrogen-bond donors (Lipinski definition) is 0. The molecule has 2 nitrogen and oxygen atoms in total. The van der Waals surface area contributed by atoms with Crippen molar-refractivity contribution in [1.82, 2.24) is 4.90 Å². The Labute approximate surface area is 104 Å². The van der Waals surface area contributed by atoms with E-state index in [-0.39, 0.29) is 5.92 Å². The van der Waals surface area contributed by atoms with E-state index in [1.807, 2.05) is 12.1 Å². The van der Waals surface area contributed by atoms with Crippen molar-refractivity contribution in [3.8, 4) is 0 Å². The maximum Gasteiger partial charge on any atom is 0.127 e. The normalized spacial score (nSPS) is 20.1. The molecule has 1 fully saturated rings. The average molecular weight is 231 g/mol. The minimum absolute atomic E-state index is 0.0879. The molecule has 0 saturated carbocycles. The van der Waals surface area contributed by atoms with Gasteiger partial charge in [0.15, 0.2) is 0 Å². The molecular formula is C15H21NO. The number of carbonyl (C=O) groups excluding carboxylic acids is 1. The Morgan fingerprint density at radius 1 is 1.29 bits per heavy atom. The largest absolute Gasteiger partial charge is 0.306 e. The lowest BCUT2D eigenvalue weighted by Crippen LogP contribution is -2.33. The fourth-order valence-corrected chi connectivity index (χ4v) is 2.79. The lowest BCUT2D eigenvalue weighted by atomic mass is 9.79. The van der Waals surface area contributed by atoms with E-state index in [0.29, 0.717) is 5.92 Å². The summed E-state index contributed by atoms with van der Waals surface area (Å²) in [6.07, 6.45) is 3.42. The third kappa shape index (κ3) is 2.75. The first-order valence-corrected chi connectivity index (χ1v) is 6.41. The van der Waals surface area contributed by atoms with Crippen LogP contribution in [0.5, 0.6) is 0 Å². The van der Waals surface area contributed by atoms with Crippen molar-refractivity contribution in [2.75, 3.05) is 20.1 Å². The van der Waals surface area contributed by atoms with Crippen LogP contribution in [0.3, 0.4) is 0 Å². The Balaban J connectivity index is 2.17. The molecule has 1 unspecified atom stereocenters. The van der Waals surface area contributed by atoms with Gasteiger partial charge in [-0.15, -0.1) is 0 Å². The van der Waals surface area contributed by atoms with Crippen molar-refractivity contribution in [3.05, 3.63) is 35.4 Å². The van der Waals surface area contributed by atoms with Crippen LogP contribution in [0.15, 0.2) is 24.3 Å². The fraction of sp³-hybridized carbons (Fsp3) is 0.533. The molecule has 1 saturated heterocycles. The van der Waals surface area contributed by atoms with Crippen molar-refractivity contribution in [2.45, 2.75) is 25.7 Å². The van der Waals surface area contributed by atoms with Gasteiger partial charge in [0.1, 0.15) is 6.29 Å². The van der Waals surface area contributed by atoms with Gasteiger partial charge in [-0.1, -0.05) is 24.3 Å². The predicted molar refractivity (Wildman–Crippen MR) is 70.2 cm³/mol. The first kappa shape index (κ1) is 12.3. The molecule has 1 aromatic rings. The van der Waals surface area contributed by atoms with E-state index in [2.05, 4.69) is 31.0 Å². The van der Waals surface area contributed by atoms with Crippen molar-refractivity contribution in [2.24, 2.45) is 5.92 Å². The van der Waals surface area contributed by atoms with Gasteiger partial charge in [0.05, 0.1) is 0 Å². The maximum atomic E-state index is 11.4. The molecule has 0 amide bonds. The molecule has 0 N–H and O–H groups in total. The van der Waals surface area contributed by atoms with Crippen LogP contribution < -0.4 is 0 Å². The third-order valence-corrected chi connectivity index (χ3v) is 3.97. The second-order valence-corrected chi connectivity index (χ2v) is 5.16. The molecule has 92 valence electrons. The van der Waals surface area contributed by atoms with Crippen molar-refractivity contribution < 1.29 is 4.79 Å². The summed E-state index contributed by atoms with van der Waals surface area (Å²) in [6.45, 7) is 4.32. The van der Waals surface area contributed by atoms with Crippen LogP contribution in [0.2, 0.25) is 0 Å². The first-order chi connectivity index (χ1) is 8.22. The highest BCUT2D eigenvalue weighted by atomic mass is 16.1. The van der Waals surface area contributed by atoms with Crippen LogP contribution in [-0.2, 0) is 4.79 Å². The van der Waals surface area contributed by atoms with Crippen molar-refractivity contribution in [3.63, 3.8) is 0 Å². The average Bonchev–Trinajstić information content (AvgIpc) is 2.35. The Kier molecular flexibility index (Phi) is 3.95. The maximum absolute atomic E-state index is 11.4. The van der Waals surface area contributed by atoms with E-state index in [0.717, 1.165) is 32.2 Å². The molecule has 0 aliphatic carbocycles. The zero-order valence-electron chi connectivity index (χ0n) is 10.7. The molecule has 1 aliphatic heterocycles. The molecule has 0 aromatic heterocycles. The standard InChI is InChI=1S/C15H21NO/c1-12-5-3-4-6-14(12)15(11-17)13-7-9-16(2)10-8-13/h3-6,11,13,15H,7-10H2,1-2H3. The summed E-state index contributed by atoms with van der Waals surface area (Å²) in [5.41, 5.74) is 2.46. The highest BCUT2D eigenvalue weighted by molar-refractivity contribution is 5.63. The zero-order chi connectivity index (χ0) is 12.3. The summed E-state index contributed by atoms with van der Waals surface area (Å²) in [7, 11) is 2.15. The number of aryl methyl sites for hydroxylation is 1. The molecule has 1 heterocycles. The first-order valence-electron chi connectivity index (χ1n) is 6.41. The highest BCUT2D eigenvalue weighted by Crippen LogP contribution is 2.32. The number of nitrogens with zero attached hydrogens (tertiary/aromatic N) is 1. The summed E-state index contributed by atoms with van der Waals surface area (Å²) < 4.78 is 0. The number of piperidine rings is 1. The summed E-state index contributed by atoms with van der Waals surface area (Å²) >= 11 is 0. The van der Waals surface area contributed by atoms with Crippen LogP contribution in [0.25, 0.3) is 0 Å². The summed E-state index contributed by atoms with van der Waals surface area (Å²) in [4.78, 5) is 13.8. The Morgan fingerprint density at radius 3 is 2.53 bits per heavy atom. The quantitative estimate of drug-likeness (QED) is 0.745. The SMILES string of the molecule is Cc1ccccc1C(C=O)C1CCN(C)CC1. The van der Waals surface area contributed by atoms with Crippen LogP contribution in [0.1, 0.15) is 29.9 Å². The Morgan fingerprint density at radius 2 is 1.94 bits per heavy atom. The van der Waals surface area contributed by atoms with Gasteiger partial charge in [-0.25, -0.2) is 0 Å². The fourth-order valence-electron chi connectivity index (χ4n) is 2.79. The molecule has 2 heteroatoms. The van der Waals surface area contributed by atoms with Gasteiger partial charge in [0.2, 0.25) is 0 Å². The van der Waals surface area contributed by atoms with Crippen LogP contribution in [0.4, 0.5) is 0 Å². The summed E-state index contributed by atoms with van der Waals surface area (Å²) in [6, 6.07) is 8.27. The van der Waals surface area contributed by atoms with Crippen molar-refractivity contribution in [1.29, 1.82) is 0 Å². The molecule has 1 aliphatic rings. The topological polar surface area (TPSA) is 20.3 Å². The molecule has 0 spiro atoms. The summed E-state index contributed by atoms with van der Waals surface area (Å²) in [5.74, 6) is 0.606. The molecule has 2 rings (SSSR count). The lowest BCUT2D eigenvalue weighted by Gasteiger charge is -2.32. The van der Waals surface area contributed by atoms with Crippen LogP contribution in [-0.4, -0.2) is 31.3 Å². The van der Waals surface area contributed by atoms with Gasteiger partial charge in [0, 0.05) is 5.92 Å². The van der Waals surface area contributed by atoms with Gasteiger partial charge in [-0.05, 0) is 56.9 Å². The van der Waals surface area contributed by atoms with Gasteiger partial charge in [-0.2, -0.15) is 0 Å². The minimum atomic E-state index is 0.0879. The molecule has 17 heavy (non-hydrogen) atoms. The van der Waals surface area contributed by atoms with E-state index >= 15 is 0 Å². The molecular weight excluding hydrogens is 210 g/mol. The van der Waals surface area contributed by atoms with Crippen molar-refractivity contribution >= 4 is 6.29 Å². The number of rotatable bonds is 3. The third-order valence-electron chi connectivity index (χ3n) is 3.97. The van der Waals surface area contributed by atoms with Gasteiger partial charge >= 0.3 is 0 Å². The smallest absolute Gasteiger partial charge is 0.127 e. The Hall–Kier alpha value is -1.15. The van der Waals surface area contributed by atoms with Gasteiger partial charge in [0.25, 0.3) is 0 Å². The zero-order valence-corrected chi connectivity index (χ0v) is 10.7. The minimum Gasteiger partial charge on any atom is -0.306 e. The lowest BCUT2D eigenvalue weighted by molar-refractivity contribution is -0.110. The van der Waals surface area contributed by atoms with Crippen LogP contribution >= 0.6 is 0 Å². The van der Waals surface area contributed by atoms with E-state index in [1.165, 1.54) is 11.1 Å². The predicted octanol–water partition coefficient (Wildman–Crippen LogP) is 2.62. The highest BCUT2D eigenvalue weighted by Gasteiger charge is 2.26. The Bertz CT molecular complexity index is 380. The second-order valence-electron chi connectivity index (χ2n) is 5.16. The van der Waals surface area contributed by atoms with E-state index in [4.69, 9.17) is 0 Å². The molecule has 1 aromatic carbocycles. The molecule has 1 atom stereocenters. The number of hydrogen-bond acceptors (Lipinski definition) is 2. The van der Waals surface area contributed by atoms with E-state index in [1.54, 1.807) is 0 Å². The van der Waals surface area contributed by atoms with Crippen LogP contribution in [0, 0.1) is 12.8 Å². The molecule has 0 radical (unpaired) electrons. The van der Waals surface area contributed by atoms with E-state index in [9.17, 15) is 4.79 Å².